The molecule has 14 heavy (non-hydrogen) atoms. The van der Waals surface area contributed by atoms with E-state index < -0.39 is 6.03 Å². The molecule has 0 spiro atoms. The molecule has 80 valence electrons. The van der Waals surface area contributed by atoms with Crippen LogP contribution >= 0.6 is 0 Å². The average molecular weight is 200 g/mol. The van der Waals surface area contributed by atoms with Gasteiger partial charge in [-0.05, 0) is 0 Å². The van der Waals surface area contributed by atoms with Crippen LogP contribution in [0.4, 0.5) is 4.79 Å². The van der Waals surface area contributed by atoms with Crippen molar-refractivity contribution in [1.29, 1.82) is 0 Å². The second kappa shape index (κ2) is 7.97. The fourth-order valence-corrected chi connectivity index (χ4v) is 0.825. The maximum Gasteiger partial charge on any atom is 0.315 e. The number of primary amides is 1. The van der Waals surface area contributed by atoms with E-state index in [9.17, 15) is 4.79 Å². The molecule has 0 aromatic heterocycles. The van der Waals surface area contributed by atoms with Gasteiger partial charge in [-0.3, -0.25) is 0 Å². The largest absolute Gasteiger partial charge is 0.500 e. The quantitative estimate of drug-likeness (QED) is 0.463. The second-order valence-electron chi connectivity index (χ2n) is 2.40. The van der Waals surface area contributed by atoms with E-state index in [2.05, 4.69) is 13.2 Å². The van der Waals surface area contributed by atoms with Crippen LogP contribution in [0.5, 0.6) is 0 Å². The molecule has 2 amide bonds. The first-order valence-corrected chi connectivity index (χ1v) is 4.21. The molecule has 0 aliphatic rings. The van der Waals surface area contributed by atoms with Crippen molar-refractivity contribution in [1.82, 2.24) is 4.90 Å². The van der Waals surface area contributed by atoms with Gasteiger partial charge in [-0.1, -0.05) is 13.2 Å². The Kier molecular flexibility index (Phi) is 7.03. The Morgan fingerprint density at radius 2 is 1.64 bits per heavy atom. The molecule has 0 fully saturated rings. The van der Waals surface area contributed by atoms with Crippen molar-refractivity contribution in [3.8, 4) is 0 Å². The molecule has 2 N–H and O–H groups in total. The minimum absolute atomic E-state index is 0.376. The number of ether oxygens (including phenoxy) is 2. The summed E-state index contributed by atoms with van der Waals surface area (Å²) >= 11 is 0. The molecule has 0 unspecified atom stereocenters. The normalized spacial score (nSPS) is 8.86. The molecule has 0 aliphatic carbocycles. The van der Waals surface area contributed by atoms with Gasteiger partial charge in [0.15, 0.2) is 0 Å². The molecule has 0 rings (SSSR count). The zero-order chi connectivity index (χ0) is 10.8. The van der Waals surface area contributed by atoms with Gasteiger partial charge in [0.25, 0.3) is 0 Å². The molecule has 0 radical (unpaired) electrons. The average Bonchev–Trinajstić information content (AvgIpc) is 2.15. The topological polar surface area (TPSA) is 64.8 Å². The maximum atomic E-state index is 10.9. The van der Waals surface area contributed by atoms with Crippen molar-refractivity contribution in [2.24, 2.45) is 5.73 Å². The van der Waals surface area contributed by atoms with E-state index in [0.29, 0.717) is 26.3 Å². The van der Waals surface area contributed by atoms with E-state index in [1.807, 2.05) is 0 Å². The fraction of sp³-hybridized carbons (Fsp3) is 0.444. The molecular weight excluding hydrogens is 184 g/mol. The molecule has 0 aromatic rings. The van der Waals surface area contributed by atoms with E-state index in [4.69, 9.17) is 15.2 Å². The zero-order valence-electron chi connectivity index (χ0n) is 8.15. The molecule has 0 aromatic carbocycles. The van der Waals surface area contributed by atoms with Gasteiger partial charge in [0.1, 0.15) is 13.2 Å². The van der Waals surface area contributed by atoms with Crippen molar-refractivity contribution < 1.29 is 14.3 Å². The molecule has 5 nitrogen and oxygen atoms in total. The maximum absolute atomic E-state index is 10.9. The third-order valence-corrected chi connectivity index (χ3v) is 1.51. The van der Waals surface area contributed by atoms with E-state index in [1.165, 1.54) is 17.4 Å². The van der Waals surface area contributed by atoms with E-state index in [-0.39, 0.29) is 0 Å². The van der Waals surface area contributed by atoms with Gasteiger partial charge in [-0.2, -0.15) is 0 Å². The number of carbonyl (C=O) groups excluding carboxylic acids is 1. The van der Waals surface area contributed by atoms with Gasteiger partial charge in [0.05, 0.1) is 25.6 Å². The number of hydrogen-bond donors (Lipinski definition) is 1. The summed E-state index contributed by atoms with van der Waals surface area (Å²) in [5.41, 5.74) is 5.13. The number of amides is 2. The predicted molar refractivity (Wildman–Crippen MR) is 53.5 cm³/mol. The third-order valence-electron chi connectivity index (χ3n) is 1.51. The lowest BCUT2D eigenvalue weighted by atomic mass is 10.5. The Morgan fingerprint density at radius 1 is 1.21 bits per heavy atom. The van der Waals surface area contributed by atoms with Crippen LogP contribution in [-0.2, 0) is 9.47 Å². The summed E-state index contributed by atoms with van der Waals surface area (Å²) < 4.78 is 9.75. The number of hydrogen-bond acceptors (Lipinski definition) is 3. The van der Waals surface area contributed by atoms with Crippen LogP contribution in [0.25, 0.3) is 0 Å². The van der Waals surface area contributed by atoms with Gasteiger partial charge < -0.3 is 20.1 Å². The molecule has 0 bridgehead atoms. The van der Waals surface area contributed by atoms with Crippen molar-refractivity contribution in [3.05, 3.63) is 25.7 Å². The van der Waals surface area contributed by atoms with E-state index in [1.54, 1.807) is 0 Å². The van der Waals surface area contributed by atoms with Crippen LogP contribution in [0.3, 0.4) is 0 Å². The van der Waals surface area contributed by atoms with Gasteiger partial charge in [0.2, 0.25) is 0 Å². The van der Waals surface area contributed by atoms with Crippen LogP contribution < -0.4 is 5.73 Å². The highest BCUT2D eigenvalue weighted by molar-refractivity contribution is 5.71. The third kappa shape index (κ3) is 5.93. The minimum Gasteiger partial charge on any atom is -0.500 e. The summed E-state index contributed by atoms with van der Waals surface area (Å²) in [4.78, 5) is 12.3. The fourth-order valence-electron chi connectivity index (χ4n) is 0.825. The van der Waals surface area contributed by atoms with Crippen LogP contribution in [0.15, 0.2) is 25.7 Å². The Balaban J connectivity index is 3.71. The van der Waals surface area contributed by atoms with Gasteiger partial charge in [-0.25, -0.2) is 4.79 Å². The first-order chi connectivity index (χ1) is 6.72. The summed E-state index contributed by atoms with van der Waals surface area (Å²) in [5, 5.41) is 0. The van der Waals surface area contributed by atoms with Crippen molar-refractivity contribution in [3.63, 3.8) is 0 Å². The Morgan fingerprint density at radius 3 is 1.93 bits per heavy atom. The lowest BCUT2D eigenvalue weighted by Crippen LogP contribution is -2.39. The van der Waals surface area contributed by atoms with Gasteiger partial charge in [0, 0.05) is 0 Å². The highest BCUT2D eigenvalue weighted by atomic mass is 16.5. The SMILES string of the molecule is C=COCCN(CCOC=C)C(N)=O. The number of nitrogens with zero attached hydrogens (tertiary/aromatic N) is 1. The molecule has 0 atom stereocenters. The first kappa shape index (κ1) is 12.3. The number of urea groups is 1. The standard InChI is InChI=1S/C9H16N2O3/c1-3-13-7-5-11(9(10)12)6-8-14-4-2/h3-4H,1-2,5-8H2,(H2,10,12). The summed E-state index contributed by atoms with van der Waals surface area (Å²) in [5.74, 6) is 0. The Bertz CT molecular complexity index is 180. The molecular formula is C9H16N2O3. The Hall–Kier alpha value is -1.65. The van der Waals surface area contributed by atoms with Crippen molar-refractivity contribution >= 4 is 6.03 Å². The number of rotatable bonds is 8. The highest BCUT2D eigenvalue weighted by Crippen LogP contribution is 1.89. The molecule has 0 saturated heterocycles. The smallest absolute Gasteiger partial charge is 0.315 e. The summed E-state index contributed by atoms with van der Waals surface area (Å²) in [6, 6.07) is -0.495. The zero-order valence-corrected chi connectivity index (χ0v) is 8.15. The Labute approximate surface area is 83.8 Å². The molecule has 0 heterocycles. The van der Waals surface area contributed by atoms with Crippen molar-refractivity contribution in [2.45, 2.75) is 0 Å². The molecule has 0 aliphatic heterocycles. The van der Waals surface area contributed by atoms with Crippen LogP contribution in [0, 0.1) is 0 Å². The molecule has 0 saturated carbocycles. The lowest BCUT2D eigenvalue weighted by Gasteiger charge is -2.19. The first-order valence-electron chi connectivity index (χ1n) is 4.21. The van der Waals surface area contributed by atoms with Crippen LogP contribution in [0.2, 0.25) is 0 Å². The van der Waals surface area contributed by atoms with Crippen molar-refractivity contribution in [2.75, 3.05) is 26.3 Å². The number of nitrogens with two attached hydrogens (primary N) is 1. The minimum atomic E-state index is -0.495. The van der Waals surface area contributed by atoms with Gasteiger partial charge >= 0.3 is 6.03 Å². The number of carbonyl (C=O) groups is 1. The monoisotopic (exact) mass is 200 g/mol. The highest BCUT2D eigenvalue weighted by Gasteiger charge is 2.08. The lowest BCUT2D eigenvalue weighted by molar-refractivity contribution is 0.151. The van der Waals surface area contributed by atoms with Crippen LogP contribution in [0.1, 0.15) is 0 Å². The predicted octanol–water partition coefficient (Wildman–Crippen LogP) is 0.687. The van der Waals surface area contributed by atoms with Gasteiger partial charge in [-0.15, -0.1) is 0 Å². The molecule has 5 heteroatoms. The van der Waals surface area contributed by atoms with Crippen LogP contribution in [-0.4, -0.2) is 37.2 Å². The summed E-state index contributed by atoms with van der Waals surface area (Å²) in [7, 11) is 0. The van der Waals surface area contributed by atoms with E-state index in [0.717, 1.165) is 0 Å². The summed E-state index contributed by atoms with van der Waals surface area (Å²) in [6.07, 6.45) is 2.64. The van der Waals surface area contributed by atoms with E-state index >= 15 is 0 Å². The second-order valence-corrected chi connectivity index (χ2v) is 2.40. The summed E-state index contributed by atoms with van der Waals surface area (Å²) in [6.45, 7) is 8.35.